The van der Waals surface area contributed by atoms with Crippen molar-refractivity contribution in [3.05, 3.63) is 28.8 Å². The van der Waals surface area contributed by atoms with Gasteiger partial charge in [0.2, 0.25) is 0 Å². The Morgan fingerprint density at radius 3 is 2.89 bits per heavy atom. The predicted molar refractivity (Wildman–Crippen MR) is 69.4 cm³/mol. The van der Waals surface area contributed by atoms with Crippen LogP contribution in [-0.2, 0) is 4.74 Å². The van der Waals surface area contributed by atoms with Gasteiger partial charge in [-0.25, -0.2) is 9.78 Å². The Bertz CT molecular complexity index is 587. The first-order valence-corrected chi connectivity index (χ1v) is 6.77. The molecule has 0 amide bonds. The number of carbonyl (C=O) groups is 1. The number of aromatic carboxylic acids is 1. The van der Waals surface area contributed by atoms with Crippen molar-refractivity contribution in [2.45, 2.75) is 18.8 Å². The molecule has 0 atom stereocenters. The third kappa shape index (κ3) is 2.11. The van der Waals surface area contributed by atoms with E-state index in [1.165, 1.54) is 0 Å². The lowest BCUT2D eigenvalue weighted by Gasteiger charge is -2.19. The van der Waals surface area contributed by atoms with Crippen molar-refractivity contribution in [1.82, 2.24) is 4.98 Å². The van der Waals surface area contributed by atoms with Gasteiger partial charge in [-0.15, -0.1) is 11.3 Å². The van der Waals surface area contributed by atoms with Crippen LogP contribution in [0.3, 0.4) is 0 Å². The van der Waals surface area contributed by atoms with Gasteiger partial charge in [0, 0.05) is 19.1 Å². The molecule has 0 spiro atoms. The first-order chi connectivity index (χ1) is 8.74. The summed E-state index contributed by atoms with van der Waals surface area (Å²) in [6.07, 6.45) is 2.01. The second-order valence-electron chi connectivity index (χ2n) is 4.43. The molecule has 0 saturated carbocycles. The molecule has 0 aliphatic carbocycles. The highest BCUT2D eigenvalue weighted by molar-refractivity contribution is 7.18. The van der Waals surface area contributed by atoms with E-state index >= 15 is 0 Å². The van der Waals surface area contributed by atoms with E-state index in [1.807, 2.05) is 0 Å². The van der Waals surface area contributed by atoms with Crippen LogP contribution in [0.5, 0.6) is 0 Å². The number of hydrogen-bond acceptors (Lipinski definition) is 4. The monoisotopic (exact) mass is 263 g/mol. The third-order valence-corrected chi connectivity index (χ3v) is 4.40. The zero-order valence-corrected chi connectivity index (χ0v) is 10.6. The number of nitrogens with zero attached hydrogens (tertiary/aromatic N) is 1. The van der Waals surface area contributed by atoms with Crippen LogP contribution in [0.25, 0.3) is 10.2 Å². The first kappa shape index (κ1) is 11.6. The Hall–Kier alpha value is -1.46. The van der Waals surface area contributed by atoms with Crippen LogP contribution >= 0.6 is 11.3 Å². The highest BCUT2D eigenvalue weighted by Gasteiger charge is 2.19. The number of rotatable bonds is 2. The van der Waals surface area contributed by atoms with Crippen molar-refractivity contribution >= 4 is 27.5 Å². The van der Waals surface area contributed by atoms with Crippen LogP contribution in [0.15, 0.2) is 18.2 Å². The molecule has 2 aromatic rings. The fourth-order valence-electron chi connectivity index (χ4n) is 2.19. The molecule has 5 heteroatoms. The van der Waals surface area contributed by atoms with Crippen molar-refractivity contribution in [2.75, 3.05) is 13.2 Å². The standard InChI is InChI=1S/C13H13NO3S/c15-13(16)9-1-2-10-11(7-9)18-12(14-10)8-3-5-17-6-4-8/h1-2,7-8H,3-6H2,(H,15,16). The van der Waals surface area contributed by atoms with E-state index in [2.05, 4.69) is 4.98 Å². The van der Waals surface area contributed by atoms with Gasteiger partial charge < -0.3 is 9.84 Å². The van der Waals surface area contributed by atoms with Crippen molar-refractivity contribution in [2.24, 2.45) is 0 Å². The van der Waals surface area contributed by atoms with E-state index in [1.54, 1.807) is 29.5 Å². The molecule has 18 heavy (non-hydrogen) atoms. The average molecular weight is 263 g/mol. The highest BCUT2D eigenvalue weighted by atomic mass is 32.1. The van der Waals surface area contributed by atoms with Crippen LogP contribution in [0.2, 0.25) is 0 Å². The summed E-state index contributed by atoms with van der Waals surface area (Å²) in [5.74, 6) is -0.428. The number of thiazole rings is 1. The molecule has 0 bridgehead atoms. The number of hydrogen-bond donors (Lipinski definition) is 1. The molecule has 1 aliphatic heterocycles. The minimum Gasteiger partial charge on any atom is -0.478 e. The zero-order chi connectivity index (χ0) is 12.5. The lowest BCUT2D eigenvalue weighted by molar-refractivity contribution is 0.0697. The molecule has 0 unspecified atom stereocenters. The van der Waals surface area contributed by atoms with E-state index < -0.39 is 5.97 Å². The quantitative estimate of drug-likeness (QED) is 0.905. The third-order valence-electron chi connectivity index (χ3n) is 3.22. The van der Waals surface area contributed by atoms with Gasteiger partial charge in [-0.2, -0.15) is 0 Å². The van der Waals surface area contributed by atoms with Crippen LogP contribution in [0.1, 0.15) is 34.1 Å². The molecule has 2 heterocycles. The topological polar surface area (TPSA) is 59.4 Å². The lowest BCUT2D eigenvalue weighted by atomic mass is 10.0. The van der Waals surface area contributed by atoms with Gasteiger partial charge in [-0.3, -0.25) is 0 Å². The summed E-state index contributed by atoms with van der Waals surface area (Å²) in [5, 5.41) is 10.1. The molecule has 1 aromatic heterocycles. The molecule has 1 aliphatic rings. The van der Waals surface area contributed by atoms with E-state index in [0.29, 0.717) is 11.5 Å². The fraction of sp³-hybridized carbons (Fsp3) is 0.385. The maximum atomic E-state index is 10.9. The van der Waals surface area contributed by atoms with Crippen LogP contribution < -0.4 is 0 Å². The fourth-order valence-corrected chi connectivity index (χ4v) is 3.37. The van der Waals surface area contributed by atoms with Gasteiger partial charge in [-0.05, 0) is 31.0 Å². The van der Waals surface area contributed by atoms with E-state index in [9.17, 15) is 4.79 Å². The smallest absolute Gasteiger partial charge is 0.335 e. The number of fused-ring (bicyclic) bond motifs is 1. The predicted octanol–water partition coefficient (Wildman–Crippen LogP) is 2.89. The van der Waals surface area contributed by atoms with E-state index in [-0.39, 0.29) is 0 Å². The summed E-state index contributed by atoms with van der Waals surface area (Å²) in [5.41, 5.74) is 1.22. The summed E-state index contributed by atoms with van der Waals surface area (Å²) in [7, 11) is 0. The summed E-state index contributed by atoms with van der Waals surface area (Å²) >= 11 is 1.61. The average Bonchev–Trinajstić information content (AvgIpc) is 2.82. The molecular weight excluding hydrogens is 250 g/mol. The molecular formula is C13H13NO3S. The second kappa shape index (κ2) is 4.66. The Kier molecular flexibility index (Phi) is 3.01. The number of carboxylic acids is 1. The molecule has 0 radical (unpaired) electrons. The summed E-state index contributed by atoms with van der Waals surface area (Å²) in [6, 6.07) is 5.11. The van der Waals surface area contributed by atoms with Crippen molar-refractivity contribution in [3.8, 4) is 0 Å². The Morgan fingerprint density at radius 2 is 2.17 bits per heavy atom. The van der Waals surface area contributed by atoms with Crippen molar-refractivity contribution < 1.29 is 14.6 Å². The zero-order valence-electron chi connectivity index (χ0n) is 9.76. The maximum Gasteiger partial charge on any atom is 0.335 e. The second-order valence-corrected chi connectivity index (χ2v) is 5.49. The minimum atomic E-state index is -0.891. The van der Waals surface area contributed by atoms with Crippen LogP contribution in [0.4, 0.5) is 0 Å². The first-order valence-electron chi connectivity index (χ1n) is 5.95. The van der Waals surface area contributed by atoms with Gasteiger partial charge in [-0.1, -0.05) is 0 Å². The number of carboxylic acid groups (broad SMARTS) is 1. The van der Waals surface area contributed by atoms with Gasteiger partial charge in [0.05, 0.1) is 20.8 Å². The van der Waals surface area contributed by atoms with Gasteiger partial charge in [0.25, 0.3) is 0 Å². The summed E-state index contributed by atoms with van der Waals surface area (Å²) < 4.78 is 6.30. The van der Waals surface area contributed by atoms with Crippen LogP contribution in [-0.4, -0.2) is 29.3 Å². The highest BCUT2D eigenvalue weighted by Crippen LogP contribution is 2.33. The van der Waals surface area contributed by atoms with Gasteiger partial charge in [0.1, 0.15) is 0 Å². The maximum absolute atomic E-state index is 10.9. The van der Waals surface area contributed by atoms with Crippen LogP contribution in [0, 0.1) is 0 Å². The molecule has 1 fully saturated rings. The lowest BCUT2D eigenvalue weighted by Crippen LogP contribution is -2.13. The van der Waals surface area contributed by atoms with Gasteiger partial charge >= 0.3 is 5.97 Å². The van der Waals surface area contributed by atoms with Crippen molar-refractivity contribution in [3.63, 3.8) is 0 Å². The molecule has 94 valence electrons. The normalized spacial score (nSPS) is 17.1. The molecule has 4 nitrogen and oxygen atoms in total. The molecule has 3 rings (SSSR count). The number of aromatic nitrogens is 1. The number of ether oxygens (including phenoxy) is 1. The molecule has 1 aromatic carbocycles. The van der Waals surface area contributed by atoms with Crippen molar-refractivity contribution in [1.29, 1.82) is 0 Å². The van der Waals surface area contributed by atoms with E-state index in [0.717, 1.165) is 41.3 Å². The van der Waals surface area contributed by atoms with Gasteiger partial charge in [0.15, 0.2) is 0 Å². The Morgan fingerprint density at radius 1 is 1.39 bits per heavy atom. The number of benzene rings is 1. The summed E-state index contributed by atoms with van der Waals surface area (Å²) in [4.78, 5) is 15.5. The largest absolute Gasteiger partial charge is 0.478 e. The minimum absolute atomic E-state index is 0.324. The Labute approximate surface area is 108 Å². The van der Waals surface area contributed by atoms with E-state index in [4.69, 9.17) is 9.84 Å². The molecule has 1 N–H and O–H groups in total. The summed E-state index contributed by atoms with van der Waals surface area (Å²) in [6.45, 7) is 1.59. The molecule has 1 saturated heterocycles. The SMILES string of the molecule is O=C(O)c1ccc2nc(C3CCOCC3)sc2c1. The Balaban J connectivity index is 1.97.